The summed E-state index contributed by atoms with van der Waals surface area (Å²) < 4.78 is 6.71. The lowest BCUT2D eigenvalue weighted by Crippen LogP contribution is -2.27. The first kappa shape index (κ1) is 14.3. The van der Waals surface area contributed by atoms with Gasteiger partial charge >= 0.3 is 5.97 Å². The highest BCUT2D eigenvalue weighted by Gasteiger charge is 2.23. The number of aromatic nitrogens is 1. The maximum absolute atomic E-state index is 12.0. The van der Waals surface area contributed by atoms with Gasteiger partial charge in [0.15, 0.2) is 6.73 Å². The fraction of sp³-hybridized carbons (Fsp3) is 0.375. The van der Waals surface area contributed by atoms with E-state index in [-0.39, 0.29) is 18.3 Å². The molecule has 4 heteroatoms. The molecule has 1 aromatic heterocycles. The van der Waals surface area contributed by atoms with Gasteiger partial charge < -0.3 is 4.74 Å². The van der Waals surface area contributed by atoms with Crippen LogP contribution in [0.15, 0.2) is 35.1 Å². The summed E-state index contributed by atoms with van der Waals surface area (Å²) in [6.45, 7) is 7.28. The van der Waals surface area contributed by atoms with Gasteiger partial charge in [0, 0.05) is 6.07 Å². The van der Waals surface area contributed by atoms with Crippen LogP contribution in [0.5, 0.6) is 0 Å². The zero-order valence-corrected chi connectivity index (χ0v) is 12.3. The Labute approximate surface area is 118 Å². The first-order valence-corrected chi connectivity index (χ1v) is 6.56. The van der Waals surface area contributed by atoms with E-state index in [1.54, 1.807) is 26.8 Å². The molecular weight excluding hydrogens is 254 g/mol. The molecule has 0 fully saturated rings. The normalized spacial score (nSPS) is 11.6. The second kappa shape index (κ2) is 5.12. The van der Waals surface area contributed by atoms with Crippen LogP contribution in [0.4, 0.5) is 0 Å². The Morgan fingerprint density at radius 1 is 1.20 bits per heavy atom. The van der Waals surface area contributed by atoms with E-state index in [4.69, 9.17) is 4.74 Å². The molecular formula is C16H19NO3. The summed E-state index contributed by atoms with van der Waals surface area (Å²) in [4.78, 5) is 23.8. The number of carbonyl (C=O) groups is 1. The van der Waals surface area contributed by atoms with Crippen molar-refractivity contribution in [3.05, 3.63) is 46.2 Å². The Bertz CT molecular complexity index is 708. The number of esters is 1. The Balaban J connectivity index is 2.37. The molecule has 0 bridgehead atoms. The average molecular weight is 273 g/mol. The molecule has 0 aliphatic carbocycles. The molecule has 4 nitrogen and oxygen atoms in total. The van der Waals surface area contributed by atoms with Crippen LogP contribution in [-0.2, 0) is 16.3 Å². The maximum atomic E-state index is 12.0. The Morgan fingerprint density at radius 3 is 2.55 bits per heavy atom. The molecule has 0 spiro atoms. The minimum absolute atomic E-state index is 0.0602. The van der Waals surface area contributed by atoms with Crippen LogP contribution in [-0.4, -0.2) is 10.5 Å². The van der Waals surface area contributed by atoms with E-state index in [2.05, 4.69) is 0 Å². The van der Waals surface area contributed by atoms with E-state index in [0.29, 0.717) is 0 Å². The van der Waals surface area contributed by atoms with Crippen LogP contribution in [0.25, 0.3) is 10.9 Å². The van der Waals surface area contributed by atoms with E-state index >= 15 is 0 Å². The predicted octanol–water partition coefficient (Wildman–Crippen LogP) is 2.86. The summed E-state index contributed by atoms with van der Waals surface area (Å²) in [5.74, 6) is -0.325. The average Bonchev–Trinajstić information content (AvgIpc) is 2.36. The molecule has 0 aliphatic heterocycles. The lowest BCUT2D eigenvalue weighted by Gasteiger charge is -2.18. The van der Waals surface area contributed by atoms with Crippen molar-refractivity contribution >= 4 is 16.9 Å². The van der Waals surface area contributed by atoms with Gasteiger partial charge in [-0.2, -0.15) is 0 Å². The molecule has 0 atom stereocenters. The quantitative estimate of drug-likeness (QED) is 0.790. The smallest absolute Gasteiger partial charge is 0.312 e. The maximum Gasteiger partial charge on any atom is 0.312 e. The highest BCUT2D eigenvalue weighted by atomic mass is 16.5. The van der Waals surface area contributed by atoms with Crippen molar-refractivity contribution in [1.82, 2.24) is 4.57 Å². The summed E-state index contributed by atoms with van der Waals surface area (Å²) in [7, 11) is 0. The van der Waals surface area contributed by atoms with Crippen molar-refractivity contribution in [2.24, 2.45) is 5.41 Å². The molecule has 0 radical (unpaired) electrons. The summed E-state index contributed by atoms with van der Waals surface area (Å²) in [5.41, 5.74) is 1.13. The monoisotopic (exact) mass is 273 g/mol. The van der Waals surface area contributed by atoms with Crippen molar-refractivity contribution in [1.29, 1.82) is 0 Å². The second-order valence-corrected chi connectivity index (χ2v) is 5.97. The standard InChI is InChI=1S/C16H19NO3/c1-11-5-7-13-12(9-11)6-8-14(18)17(13)10-20-15(19)16(2,3)4/h5-9H,10H2,1-4H3. The van der Waals surface area contributed by atoms with Gasteiger partial charge in [-0.15, -0.1) is 0 Å². The topological polar surface area (TPSA) is 48.3 Å². The Kier molecular flexibility index (Phi) is 3.66. The van der Waals surface area contributed by atoms with Crippen molar-refractivity contribution in [2.45, 2.75) is 34.4 Å². The van der Waals surface area contributed by atoms with Gasteiger partial charge in [-0.25, -0.2) is 0 Å². The van der Waals surface area contributed by atoms with E-state index in [9.17, 15) is 9.59 Å². The number of rotatable bonds is 2. The Morgan fingerprint density at radius 2 is 1.90 bits per heavy atom. The summed E-state index contributed by atoms with van der Waals surface area (Å²) >= 11 is 0. The minimum Gasteiger partial charge on any atom is -0.443 e. The van der Waals surface area contributed by atoms with Crippen molar-refractivity contribution in [2.75, 3.05) is 0 Å². The van der Waals surface area contributed by atoms with Crippen molar-refractivity contribution in [3.8, 4) is 0 Å². The van der Waals surface area contributed by atoms with Gasteiger partial charge in [0.2, 0.25) is 0 Å². The van der Waals surface area contributed by atoms with Gasteiger partial charge in [0.25, 0.3) is 5.56 Å². The minimum atomic E-state index is -0.579. The molecule has 0 aliphatic rings. The number of hydrogen-bond donors (Lipinski definition) is 0. The number of ether oxygens (including phenoxy) is 1. The van der Waals surface area contributed by atoms with Gasteiger partial charge in [-0.3, -0.25) is 14.2 Å². The van der Waals surface area contributed by atoms with Gasteiger partial charge in [0.05, 0.1) is 10.9 Å². The molecule has 0 amide bonds. The van der Waals surface area contributed by atoms with Gasteiger partial charge in [-0.05, 0) is 51.3 Å². The molecule has 2 rings (SSSR count). The largest absolute Gasteiger partial charge is 0.443 e. The first-order chi connectivity index (χ1) is 9.29. The SMILES string of the molecule is Cc1ccc2c(ccc(=O)n2COC(=O)C(C)(C)C)c1. The van der Waals surface area contributed by atoms with Crippen LogP contribution in [0.1, 0.15) is 26.3 Å². The molecule has 1 heterocycles. The van der Waals surface area contributed by atoms with Gasteiger partial charge in [0.1, 0.15) is 0 Å². The van der Waals surface area contributed by atoms with E-state index in [1.165, 1.54) is 10.6 Å². The van der Waals surface area contributed by atoms with Crippen molar-refractivity contribution in [3.63, 3.8) is 0 Å². The zero-order valence-electron chi connectivity index (χ0n) is 12.3. The molecule has 0 saturated heterocycles. The molecule has 0 unspecified atom stereocenters. The zero-order chi connectivity index (χ0) is 14.9. The number of benzene rings is 1. The van der Waals surface area contributed by atoms with E-state index in [1.807, 2.05) is 25.1 Å². The molecule has 1 aromatic carbocycles. The molecule has 2 aromatic rings. The first-order valence-electron chi connectivity index (χ1n) is 6.56. The Hall–Kier alpha value is -2.10. The number of pyridine rings is 1. The number of aryl methyl sites for hydroxylation is 1. The number of fused-ring (bicyclic) bond motifs is 1. The summed E-state index contributed by atoms with van der Waals surface area (Å²) in [6, 6.07) is 9.08. The van der Waals surface area contributed by atoms with E-state index in [0.717, 1.165) is 16.5 Å². The summed E-state index contributed by atoms with van der Waals surface area (Å²) in [5, 5.41) is 0.955. The lowest BCUT2D eigenvalue weighted by atomic mass is 9.98. The van der Waals surface area contributed by atoms with Crippen LogP contribution in [0, 0.1) is 12.3 Å². The lowest BCUT2D eigenvalue weighted by molar-refractivity contribution is -0.156. The third-order valence-electron chi connectivity index (χ3n) is 3.08. The molecule has 0 saturated carbocycles. The van der Waals surface area contributed by atoms with Crippen LogP contribution in [0.3, 0.4) is 0 Å². The highest BCUT2D eigenvalue weighted by Crippen LogP contribution is 2.17. The van der Waals surface area contributed by atoms with Crippen molar-refractivity contribution < 1.29 is 9.53 Å². The molecule has 0 N–H and O–H groups in total. The number of nitrogens with zero attached hydrogens (tertiary/aromatic N) is 1. The summed E-state index contributed by atoms with van der Waals surface area (Å²) in [6.07, 6.45) is 0. The number of hydrogen-bond acceptors (Lipinski definition) is 3. The predicted molar refractivity (Wildman–Crippen MR) is 78.5 cm³/mol. The molecule has 106 valence electrons. The third-order valence-corrected chi connectivity index (χ3v) is 3.08. The van der Waals surface area contributed by atoms with E-state index < -0.39 is 5.41 Å². The fourth-order valence-electron chi connectivity index (χ4n) is 1.90. The second-order valence-electron chi connectivity index (χ2n) is 5.97. The van der Waals surface area contributed by atoms with Crippen LogP contribution in [0.2, 0.25) is 0 Å². The van der Waals surface area contributed by atoms with Crippen LogP contribution < -0.4 is 5.56 Å². The van der Waals surface area contributed by atoms with Gasteiger partial charge in [-0.1, -0.05) is 11.6 Å². The molecule has 20 heavy (non-hydrogen) atoms. The van der Waals surface area contributed by atoms with Crippen LogP contribution >= 0.6 is 0 Å². The third kappa shape index (κ3) is 2.90. The number of carbonyl (C=O) groups excluding carboxylic acids is 1. The fourth-order valence-corrected chi connectivity index (χ4v) is 1.90. The highest BCUT2D eigenvalue weighted by molar-refractivity contribution is 5.80.